The van der Waals surface area contributed by atoms with Crippen LogP contribution in [0.3, 0.4) is 0 Å². The molecule has 1 aliphatic heterocycles. The lowest BCUT2D eigenvalue weighted by molar-refractivity contribution is -0.232. The Morgan fingerprint density at radius 2 is 1.62 bits per heavy atom. The normalized spacial score (nSPS) is 14.1. The van der Waals surface area contributed by atoms with Gasteiger partial charge in [-0.3, -0.25) is 4.79 Å². The zero-order valence-corrected chi connectivity index (χ0v) is 11.1. The molecule has 0 unspecified atom stereocenters. The lowest BCUT2D eigenvalue weighted by Gasteiger charge is -2.08. The first-order chi connectivity index (χ1) is 9.24. The summed E-state index contributed by atoms with van der Waals surface area (Å²) in [5.74, 6) is -0.731. The number of carbonyl (C=O) groups excluding carboxylic acids is 1. The summed E-state index contributed by atoms with van der Waals surface area (Å²) >= 11 is 0. The molecule has 21 heavy (non-hydrogen) atoms. The van der Waals surface area contributed by atoms with Gasteiger partial charge in [0.15, 0.2) is 0 Å². The van der Waals surface area contributed by atoms with E-state index in [9.17, 15) is 35.9 Å². The molecule has 1 aliphatic rings. The van der Waals surface area contributed by atoms with Gasteiger partial charge in [-0.2, -0.15) is 26.3 Å². The third kappa shape index (κ3) is 20.7. The molecule has 10 heteroatoms. The Kier molecular flexibility index (Phi) is 9.49. The van der Waals surface area contributed by atoms with Gasteiger partial charge in [-0.05, 0) is 13.3 Å². The molecule has 0 bridgehead atoms. The molecule has 0 aromatic rings. The van der Waals surface area contributed by atoms with E-state index in [1.807, 2.05) is 0 Å². The van der Waals surface area contributed by atoms with E-state index in [4.69, 9.17) is 5.11 Å². The third-order valence-corrected chi connectivity index (χ3v) is 1.67. The van der Waals surface area contributed by atoms with Crippen molar-refractivity contribution in [3.63, 3.8) is 0 Å². The second-order valence-corrected chi connectivity index (χ2v) is 3.95. The highest BCUT2D eigenvalue weighted by Gasteiger charge is 2.43. The Bertz CT molecular complexity index is 330. The number of carbonyl (C=O) groups is 2. The van der Waals surface area contributed by atoms with Crippen LogP contribution in [0.4, 0.5) is 26.3 Å². The van der Waals surface area contributed by atoms with Gasteiger partial charge < -0.3 is 10.4 Å². The fourth-order valence-corrected chi connectivity index (χ4v) is 0.792. The summed E-state index contributed by atoms with van der Waals surface area (Å²) in [6, 6.07) is 0. The predicted octanol–water partition coefficient (Wildman–Crippen LogP) is 3.04. The number of alkyl halides is 6. The molecule has 0 aliphatic carbocycles. The van der Waals surface area contributed by atoms with Crippen molar-refractivity contribution in [3.8, 4) is 0 Å². The number of halogens is 6. The number of nitrogens with one attached hydrogen (secondary N) is 1. The van der Waals surface area contributed by atoms with Crippen molar-refractivity contribution in [3.05, 3.63) is 12.2 Å². The third-order valence-electron chi connectivity index (χ3n) is 1.67. The molecule has 1 fully saturated rings. The molecule has 0 radical (unpaired) electrons. The zero-order valence-electron chi connectivity index (χ0n) is 11.1. The average Bonchev–Trinajstić information content (AvgIpc) is 2.64. The lowest BCUT2D eigenvalue weighted by Crippen LogP contribution is -2.20. The van der Waals surface area contributed by atoms with Crippen LogP contribution in [0.25, 0.3) is 0 Å². The van der Waals surface area contributed by atoms with Crippen molar-refractivity contribution in [1.82, 2.24) is 5.32 Å². The molecular weight excluding hydrogens is 308 g/mol. The molecule has 0 aromatic heterocycles. The highest BCUT2D eigenvalue weighted by Crippen LogP contribution is 2.31. The summed E-state index contributed by atoms with van der Waals surface area (Å²) in [4.78, 5) is 19.7. The first kappa shape index (κ1) is 21.6. The quantitative estimate of drug-likeness (QED) is 0.576. The van der Waals surface area contributed by atoms with E-state index >= 15 is 0 Å². The molecule has 0 atom stereocenters. The van der Waals surface area contributed by atoms with E-state index in [2.05, 4.69) is 11.9 Å². The van der Waals surface area contributed by atoms with Crippen LogP contribution < -0.4 is 5.32 Å². The van der Waals surface area contributed by atoms with E-state index < -0.39 is 24.7 Å². The van der Waals surface area contributed by atoms with Crippen LogP contribution in [-0.2, 0) is 9.59 Å². The van der Waals surface area contributed by atoms with Gasteiger partial charge in [-0.25, -0.2) is 4.79 Å². The molecule has 0 spiro atoms. The van der Waals surface area contributed by atoms with Crippen molar-refractivity contribution in [2.24, 2.45) is 0 Å². The largest absolute Gasteiger partial charge is 0.478 e. The fourth-order valence-electron chi connectivity index (χ4n) is 0.792. The Labute approximate surface area is 116 Å². The molecule has 0 saturated carbocycles. The Hall–Kier alpha value is -1.74. The van der Waals surface area contributed by atoms with Crippen molar-refractivity contribution in [2.45, 2.75) is 38.5 Å². The molecule has 0 aromatic carbocycles. The number of hydrogen-bond acceptors (Lipinski definition) is 2. The molecule has 1 saturated heterocycles. The summed E-state index contributed by atoms with van der Waals surface area (Å²) < 4.78 is 65.0. The van der Waals surface area contributed by atoms with Crippen LogP contribution in [0.2, 0.25) is 0 Å². The van der Waals surface area contributed by atoms with Gasteiger partial charge in [-0.15, -0.1) is 0 Å². The van der Waals surface area contributed by atoms with E-state index in [0.717, 1.165) is 19.4 Å². The van der Waals surface area contributed by atoms with Crippen molar-refractivity contribution in [2.75, 3.05) is 6.54 Å². The first-order valence-corrected chi connectivity index (χ1v) is 5.53. The minimum atomic E-state index is -5.14. The van der Waals surface area contributed by atoms with Crippen LogP contribution in [0, 0.1) is 0 Å². The zero-order chi connectivity index (χ0) is 17.3. The maximum Gasteiger partial charge on any atom is 0.397 e. The van der Waals surface area contributed by atoms with Crippen LogP contribution in [0.1, 0.15) is 26.2 Å². The van der Waals surface area contributed by atoms with Crippen LogP contribution in [0.15, 0.2) is 12.2 Å². The minimum Gasteiger partial charge on any atom is -0.478 e. The van der Waals surface area contributed by atoms with E-state index in [0.29, 0.717) is 0 Å². The van der Waals surface area contributed by atoms with Crippen LogP contribution >= 0.6 is 0 Å². The van der Waals surface area contributed by atoms with E-state index in [1.54, 1.807) is 0 Å². The molecule has 1 amide bonds. The number of hydrogen-bond donors (Lipinski definition) is 2. The summed E-state index contributed by atoms with van der Waals surface area (Å²) in [5.41, 5.74) is 0.176. The van der Waals surface area contributed by atoms with Crippen LogP contribution in [-0.4, -0.2) is 35.9 Å². The molecule has 124 valence electrons. The van der Waals surface area contributed by atoms with Crippen molar-refractivity contribution in [1.29, 1.82) is 0 Å². The summed E-state index contributed by atoms with van der Waals surface area (Å²) in [6.45, 7) is 5.49. The highest BCUT2D eigenvalue weighted by atomic mass is 19.4. The molecule has 2 N–H and O–H groups in total. The maximum absolute atomic E-state index is 10.8. The second-order valence-electron chi connectivity index (χ2n) is 3.95. The predicted molar refractivity (Wildman–Crippen MR) is 61.4 cm³/mol. The Morgan fingerprint density at radius 3 is 1.67 bits per heavy atom. The number of amides is 1. The molecule has 1 heterocycles. The highest BCUT2D eigenvalue weighted by molar-refractivity contribution is 5.84. The number of carboxylic acid groups (broad SMARTS) is 1. The summed E-state index contributed by atoms with van der Waals surface area (Å²) in [7, 11) is 0. The number of aliphatic carboxylic acids is 1. The summed E-state index contributed by atoms with van der Waals surface area (Å²) in [5, 5.41) is 10.6. The molecule has 1 rings (SSSR count). The smallest absolute Gasteiger partial charge is 0.397 e. The van der Waals surface area contributed by atoms with E-state index in [1.165, 1.54) is 6.92 Å². The SMILES string of the molecule is C=C(C)C(=O)O.FC(F)(F)CC(F)(F)F.O=C1CCCN1. The number of carboxylic acids is 1. The first-order valence-electron chi connectivity index (χ1n) is 5.53. The average molecular weight is 323 g/mol. The van der Waals surface area contributed by atoms with Gasteiger partial charge in [0.2, 0.25) is 5.91 Å². The lowest BCUT2D eigenvalue weighted by atomic mass is 10.4. The minimum absolute atomic E-state index is 0.176. The van der Waals surface area contributed by atoms with Gasteiger partial charge in [-0.1, -0.05) is 6.58 Å². The second kappa shape index (κ2) is 9.24. The Morgan fingerprint density at radius 1 is 1.24 bits per heavy atom. The van der Waals surface area contributed by atoms with Gasteiger partial charge in [0.1, 0.15) is 6.42 Å². The maximum atomic E-state index is 10.8. The molecular formula is C11H15F6NO3. The monoisotopic (exact) mass is 323 g/mol. The summed E-state index contributed by atoms with van der Waals surface area (Å²) in [6.07, 6.45) is -11.2. The van der Waals surface area contributed by atoms with Gasteiger partial charge in [0, 0.05) is 18.5 Å². The topological polar surface area (TPSA) is 66.4 Å². The fraction of sp³-hybridized carbons (Fsp3) is 0.636. The standard InChI is InChI=1S/C4H7NO.C4H6O2.C3H2F6/c6-4-2-1-3-5-4;1-3(2)4(5)6;4-2(5,6)1-3(7,8)9/h1-3H2,(H,5,6);1H2,2H3,(H,5,6);1H2. The van der Waals surface area contributed by atoms with Crippen molar-refractivity contribution >= 4 is 11.9 Å². The Balaban J connectivity index is 0. The van der Waals surface area contributed by atoms with Crippen molar-refractivity contribution < 1.29 is 41.0 Å². The van der Waals surface area contributed by atoms with Gasteiger partial charge in [0.05, 0.1) is 0 Å². The van der Waals surface area contributed by atoms with E-state index in [-0.39, 0.29) is 11.5 Å². The molecule has 4 nitrogen and oxygen atoms in total. The van der Waals surface area contributed by atoms with Gasteiger partial charge >= 0.3 is 18.3 Å². The number of rotatable bonds is 1. The van der Waals surface area contributed by atoms with Gasteiger partial charge in [0.25, 0.3) is 0 Å². The van der Waals surface area contributed by atoms with Crippen LogP contribution in [0.5, 0.6) is 0 Å².